The number of amides is 1. The number of hydrogen-bond donors (Lipinski definition) is 0. The zero-order valence-electron chi connectivity index (χ0n) is 16.1. The fourth-order valence-electron chi connectivity index (χ4n) is 3.69. The number of hydrogen-bond acceptors (Lipinski definition) is 5. The molecule has 0 aliphatic carbocycles. The number of halogens is 1. The van der Waals surface area contributed by atoms with Crippen LogP contribution >= 0.6 is 11.6 Å². The Morgan fingerprint density at radius 3 is 2.75 bits per heavy atom. The quantitative estimate of drug-likeness (QED) is 0.790. The van der Waals surface area contributed by atoms with Gasteiger partial charge in [-0.05, 0) is 32.0 Å². The Hall–Kier alpha value is -2.54. The van der Waals surface area contributed by atoms with Crippen LogP contribution in [-0.4, -0.2) is 58.6 Å². The van der Waals surface area contributed by atoms with Crippen LogP contribution in [0.2, 0.25) is 5.02 Å². The van der Waals surface area contributed by atoms with Crippen molar-refractivity contribution in [2.24, 2.45) is 5.16 Å². The third-order valence-corrected chi connectivity index (χ3v) is 5.53. The molecule has 0 radical (unpaired) electrons. The fraction of sp³-hybridized carbons (Fsp3) is 0.450. The number of oxime groups is 1. The largest absolute Gasteiger partial charge is 0.382 e. The predicted octanol–water partition coefficient (Wildman–Crippen LogP) is 2.71. The average molecular weight is 402 g/mol. The lowest BCUT2D eigenvalue weighted by atomic mass is 10.1. The molecule has 1 amide bonds. The van der Waals surface area contributed by atoms with Crippen LogP contribution < -0.4 is 4.90 Å². The molecule has 0 N–H and O–H groups in total. The maximum atomic E-state index is 12.9. The molecule has 4 rings (SSSR count). The van der Waals surface area contributed by atoms with Crippen molar-refractivity contribution in [3.8, 4) is 0 Å². The van der Waals surface area contributed by atoms with E-state index in [2.05, 4.69) is 15.2 Å². The van der Waals surface area contributed by atoms with Crippen molar-refractivity contribution >= 4 is 28.9 Å². The van der Waals surface area contributed by atoms with E-state index < -0.39 is 6.10 Å². The Balaban J connectivity index is 1.34. The molecule has 148 valence electrons. The summed E-state index contributed by atoms with van der Waals surface area (Å²) in [4.78, 5) is 22.5. The van der Waals surface area contributed by atoms with Gasteiger partial charge in [0.25, 0.3) is 5.91 Å². The predicted molar refractivity (Wildman–Crippen MR) is 109 cm³/mol. The van der Waals surface area contributed by atoms with Gasteiger partial charge in [0.1, 0.15) is 0 Å². The van der Waals surface area contributed by atoms with E-state index in [4.69, 9.17) is 16.4 Å². The van der Waals surface area contributed by atoms with E-state index in [0.717, 1.165) is 47.3 Å². The summed E-state index contributed by atoms with van der Waals surface area (Å²) < 4.78 is 1.87. The van der Waals surface area contributed by atoms with Crippen LogP contribution in [0.1, 0.15) is 24.6 Å². The molecule has 0 bridgehead atoms. The third-order valence-electron chi connectivity index (χ3n) is 5.29. The van der Waals surface area contributed by atoms with Crippen molar-refractivity contribution in [1.29, 1.82) is 0 Å². The standard InChI is InChI=1S/C20H24ClN5O2/c1-3-26-13-17(14(2)22-26)18-12-19(28-23-18)20(27)25-9-7-24(8-10-25)16-6-4-5-15(21)11-16/h4-6,11,13,19H,3,7-10,12H2,1-2H3/t19-/m1/s1. The summed E-state index contributed by atoms with van der Waals surface area (Å²) in [6.07, 6.45) is 1.91. The second-order valence-electron chi connectivity index (χ2n) is 7.11. The number of nitrogens with zero attached hydrogens (tertiary/aromatic N) is 5. The first-order valence-electron chi connectivity index (χ1n) is 9.61. The van der Waals surface area contributed by atoms with Crippen LogP contribution in [0.15, 0.2) is 35.6 Å². The van der Waals surface area contributed by atoms with Crippen LogP contribution in [0.25, 0.3) is 0 Å². The minimum Gasteiger partial charge on any atom is -0.382 e. The summed E-state index contributed by atoms with van der Waals surface area (Å²) in [5, 5.41) is 9.35. The molecule has 0 unspecified atom stereocenters. The van der Waals surface area contributed by atoms with E-state index in [-0.39, 0.29) is 5.91 Å². The molecular weight excluding hydrogens is 378 g/mol. The number of piperazine rings is 1. The van der Waals surface area contributed by atoms with E-state index >= 15 is 0 Å². The summed E-state index contributed by atoms with van der Waals surface area (Å²) in [7, 11) is 0. The Morgan fingerprint density at radius 2 is 2.07 bits per heavy atom. The van der Waals surface area contributed by atoms with Gasteiger partial charge < -0.3 is 14.6 Å². The molecule has 1 aromatic carbocycles. The van der Waals surface area contributed by atoms with Gasteiger partial charge in [-0.15, -0.1) is 0 Å². The topological polar surface area (TPSA) is 63.0 Å². The fourth-order valence-corrected chi connectivity index (χ4v) is 3.88. The minimum absolute atomic E-state index is 0.00466. The Morgan fingerprint density at radius 1 is 1.29 bits per heavy atom. The molecule has 2 aliphatic heterocycles. The summed E-state index contributed by atoms with van der Waals surface area (Å²) in [6, 6.07) is 7.81. The molecular formula is C20H24ClN5O2. The number of carbonyl (C=O) groups excluding carboxylic acids is 1. The van der Waals surface area contributed by atoms with Crippen LogP contribution in [0.4, 0.5) is 5.69 Å². The van der Waals surface area contributed by atoms with Crippen molar-refractivity contribution in [2.75, 3.05) is 31.1 Å². The number of benzene rings is 1. The number of aromatic nitrogens is 2. The normalized spacial score (nSPS) is 19.5. The first-order valence-corrected chi connectivity index (χ1v) is 9.99. The highest BCUT2D eigenvalue weighted by Gasteiger charge is 2.34. The lowest BCUT2D eigenvalue weighted by Crippen LogP contribution is -2.51. The van der Waals surface area contributed by atoms with Crippen LogP contribution in [0.3, 0.4) is 0 Å². The van der Waals surface area contributed by atoms with Crippen molar-refractivity contribution in [3.05, 3.63) is 46.7 Å². The lowest BCUT2D eigenvalue weighted by molar-refractivity contribution is -0.142. The molecule has 0 saturated carbocycles. The van der Waals surface area contributed by atoms with Crippen LogP contribution in [0, 0.1) is 6.92 Å². The SMILES string of the molecule is CCn1cc(C2=NO[C@@H](C(=O)N3CCN(c4cccc(Cl)c4)CC3)C2)c(C)n1. The first-order chi connectivity index (χ1) is 13.5. The third kappa shape index (κ3) is 3.71. The average Bonchev–Trinajstić information content (AvgIpc) is 3.34. The zero-order valence-corrected chi connectivity index (χ0v) is 16.9. The minimum atomic E-state index is -0.544. The molecule has 8 heteroatoms. The summed E-state index contributed by atoms with van der Waals surface area (Å²) in [5.41, 5.74) is 3.76. The Kier molecular flexibility index (Phi) is 5.26. The van der Waals surface area contributed by atoms with Gasteiger partial charge in [-0.2, -0.15) is 5.10 Å². The van der Waals surface area contributed by atoms with Gasteiger partial charge in [-0.25, -0.2) is 0 Å². The molecule has 28 heavy (non-hydrogen) atoms. The van der Waals surface area contributed by atoms with E-state index in [9.17, 15) is 4.79 Å². The van der Waals surface area contributed by atoms with Gasteiger partial charge in [0.05, 0.1) is 11.4 Å². The first kappa shape index (κ1) is 18.8. The summed E-state index contributed by atoms with van der Waals surface area (Å²) >= 11 is 6.09. The summed E-state index contributed by atoms with van der Waals surface area (Å²) in [5.74, 6) is 0.00466. The number of aryl methyl sites for hydroxylation is 2. The molecule has 2 aliphatic rings. The molecule has 1 aromatic heterocycles. The van der Waals surface area contributed by atoms with Crippen LogP contribution in [0.5, 0.6) is 0 Å². The molecule has 0 spiro atoms. The molecule has 1 atom stereocenters. The monoisotopic (exact) mass is 401 g/mol. The van der Waals surface area contributed by atoms with E-state index in [1.807, 2.05) is 53.9 Å². The van der Waals surface area contributed by atoms with E-state index in [1.54, 1.807) is 0 Å². The van der Waals surface area contributed by atoms with Gasteiger partial charge >= 0.3 is 0 Å². The maximum Gasteiger partial charge on any atom is 0.267 e. The van der Waals surface area contributed by atoms with Gasteiger partial charge in [0.2, 0.25) is 6.10 Å². The van der Waals surface area contributed by atoms with Gasteiger partial charge in [0.15, 0.2) is 0 Å². The van der Waals surface area contributed by atoms with Crippen molar-refractivity contribution < 1.29 is 9.63 Å². The van der Waals surface area contributed by atoms with E-state index in [0.29, 0.717) is 19.5 Å². The van der Waals surface area contributed by atoms with E-state index in [1.165, 1.54) is 0 Å². The van der Waals surface area contributed by atoms with Crippen LogP contribution in [-0.2, 0) is 16.2 Å². The molecule has 7 nitrogen and oxygen atoms in total. The number of rotatable bonds is 4. The Labute approximate surface area is 169 Å². The highest BCUT2D eigenvalue weighted by Crippen LogP contribution is 2.23. The second kappa shape index (κ2) is 7.83. The smallest absolute Gasteiger partial charge is 0.267 e. The van der Waals surface area contributed by atoms with Gasteiger partial charge in [0, 0.05) is 61.6 Å². The summed E-state index contributed by atoms with van der Waals surface area (Å²) in [6.45, 7) is 7.66. The molecule has 1 saturated heterocycles. The van der Waals surface area contributed by atoms with Gasteiger partial charge in [-0.3, -0.25) is 9.48 Å². The van der Waals surface area contributed by atoms with Crippen molar-refractivity contribution in [3.63, 3.8) is 0 Å². The highest BCUT2D eigenvalue weighted by molar-refractivity contribution is 6.30. The maximum absolute atomic E-state index is 12.9. The van der Waals surface area contributed by atoms with Gasteiger partial charge in [-0.1, -0.05) is 22.8 Å². The number of carbonyl (C=O) groups is 1. The zero-order chi connectivity index (χ0) is 19.7. The lowest BCUT2D eigenvalue weighted by Gasteiger charge is -2.36. The molecule has 3 heterocycles. The highest BCUT2D eigenvalue weighted by atomic mass is 35.5. The molecule has 2 aromatic rings. The Bertz CT molecular complexity index is 902. The van der Waals surface area contributed by atoms with Crippen molar-refractivity contribution in [1.82, 2.24) is 14.7 Å². The number of anilines is 1. The second-order valence-corrected chi connectivity index (χ2v) is 7.55. The van der Waals surface area contributed by atoms with Crippen molar-refractivity contribution in [2.45, 2.75) is 32.9 Å². The molecule has 1 fully saturated rings.